The number of benzene rings is 1. The number of aromatic nitrogens is 1. The number of fused-ring (bicyclic) bond motifs is 1. The summed E-state index contributed by atoms with van der Waals surface area (Å²) in [6.45, 7) is 4.07. The quantitative estimate of drug-likeness (QED) is 0.772. The highest BCUT2D eigenvalue weighted by Gasteiger charge is 2.12. The Morgan fingerprint density at radius 1 is 1.43 bits per heavy atom. The van der Waals surface area contributed by atoms with Gasteiger partial charge in [-0.3, -0.25) is 0 Å². The van der Waals surface area contributed by atoms with Gasteiger partial charge in [0.15, 0.2) is 11.5 Å². The van der Waals surface area contributed by atoms with Crippen molar-refractivity contribution in [1.82, 2.24) is 4.98 Å². The van der Waals surface area contributed by atoms with E-state index in [9.17, 15) is 0 Å². The van der Waals surface area contributed by atoms with Crippen LogP contribution in [0.3, 0.4) is 0 Å². The summed E-state index contributed by atoms with van der Waals surface area (Å²) in [5.41, 5.74) is 1.46. The van der Waals surface area contributed by atoms with Crippen LogP contribution in [-0.2, 0) is 0 Å². The fourth-order valence-corrected chi connectivity index (χ4v) is 2.05. The molecule has 0 radical (unpaired) electrons. The van der Waals surface area contributed by atoms with Gasteiger partial charge in [0, 0.05) is 10.4 Å². The standard InChI is InChI=1S/C10H9BrClNO/c1-5(2)10-13-8-4-6(11)3-7(12)9(8)14-10/h3-5H,1-2H3. The Bertz CT molecular complexity index is 478. The summed E-state index contributed by atoms with van der Waals surface area (Å²) in [4.78, 5) is 4.35. The molecule has 0 spiro atoms. The zero-order chi connectivity index (χ0) is 10.3. The van der Waals surface area contributed by atoms with Gasteiger partial charge in [-0.15, -0.1) is 0 Å². The number of halogens is 2. The van der Waals surface area contributed by atoms with Crippen molar-refractivity contribution in [2.75, 3.05) is 0 Å². The first kappa shape index (κ1) is 9.99. The highest BCUT2D eigenvalue weighted by molar-refractivity contribution is 9.10. The molecular formula is C10H9BrClNO. The molecule has 1 aromatic heterocycles. The lowest BCUT2D eigenvalue weighted by Crippen LogP contribution is -1.84. The molecule has 0 bridgehead atoms. The van der Waals surface area contributed by atoms with Crippen LogP contribution in [0.5, 0.6) is 0 Å². The van der Waals surface area contributed by atoms with E-state index in [2.05, 4.69) is 20.9 Å². The Hall–Kier alpha value is -0.540. The van der Waals surface area contributed by atoms with Crippen molar-refractivity contribution < 1.29 is 4.42 Å². The Balaban J connectivity index is 2.70. The molecule has 1 heterocycles. The number of oxazole rings is 1. The fourth-order valence-electron chi connectivity index (χ4n) is 1.22. The van der Waals surface area contributed by atoms with Crippen molar-refractivity contribution in [2.24, 2.45) is 0 Å². The summed E-state index contributed by atoms with van der Waals surface area (Å²) in [6, 6.07) is 3.70. The van der Waals surface area contributed by atoms with Crippen molar-refractivity contribution >= 4 is 38.6 Å². The van der Waals surface area contributed by atoms with Crippen molar-refractivity contribution in [3.8, 4) is 0 Å². The minimum Gasteiger partial charge on any atom is -0.439 e. The van der Waals surface area contributed by atoms with Crippen LogP contribution in [0.25, 0.3) is 11.1 Å². The van der Waals surface area contributed by atoms with Crippen LogP contribution in [0, 0.1) is 0 Å². The molecule has 0 fully saturated rings. The van der Waals surface area contributed by atoms with Crippen molar-refractivity contribution in [2.45, 2.75) is 19.8 Å². The summed E-state index contributed by atoms with van der Waals surface area (Å²) in [5, 5.41) is 0.591. The van der Waals surface area contributed by atoms with Gasteiger partial charge in [0.05, 0.1) is 5.02 Å². The summed E-state index contributed by atoms with van der Waals surface area (Å²) < 4.78 is 6.47. The van der Waals surface area contributed by atoms with Crippen LogP contribution in [0.1, 0.15) is 25.7 Å². The molecule has 0 aliphatic heterocycles. The second kappa shape index (κ2) is 3.55. The van der Waals surface area contributed by atoms with Crippen molar-refractivity contribution in [3.63, 3.8) is 0 Å². The molecule has 2 aromatic rings. The number of nitrogens with zero attached hydrogens (tertiary/aromatic N) is 1. The van der Waals surface area contributed by atoms with E-state index in [1.165, 1.54) is 0 Å². The van der Waals surface area contributed by atoms with E-state index in [1.807, 2.05) is 19.9 Å². The molecule has 4 heteroatoms. The van der Waals surface area contributed by atoms with Crippen molar-refractivity contribution in [1.29, 1.82) is 0 Å². The van der Waals surface area contributed by atoms with Gasteiger partial charge >= 0.3 is 0 Å². The van der Waals surface area contributed by atoms with E-state index in [0.717, 1.165) is 15.9 Å². The lowest BCUT2D eigenvalue weighted by Gasteiger charge is -1.94. The van der Waals surface area contributed by atoms with E-state index in [4.69, 9.17) is 16.0 Å². The Morgan fingerprint density at radius 2 is 2.14 bits per heavy atom. The molecule has 14 heavy (non-hydrogen) atoms. The minimum absolute atomic E-state index is 0.275. The van der Waals surface area contributed by atoms with Gasteiger partial charge in [-0.05, 0) is 12.1 Å². The number of rotatable bonds is 1. The molecule has 0 unspecified atom stereocenters. The van der Waals surface area contributed by atoms with Gasteiger partial charge in [-0.2, -0.15) is 0 Å². The molecule has 0 aliphatic carbocycles. The molecule has 0 amide bonds. The van der Waals surface area contributed by atoms with E-state index in [-0.39, 0.29) is 5.92 Å². The highest BCUT2D eigenvalue weighted by atomic mass is 79.9. The van der Waals surface area contributed by atoms with E-state index in [0.29, 0.717) is 10.6 Å². The first-order valence-electron chi connectivity index (χ1n) is 4.33. The third-order valence-corrected chi connectivity index (χ3v) is 2.66. The Morgan fingerprint density at radius 3 is 2.79 bits per heavy atom. The number of hydrogen-bond acceptors (Lipinski definition) is 2. The summed E-state index contributed by atoms with van der Waals surface area (Å²) >= 11 is 9.38. The van der Waals surface area contributed by atoms with Gasteiger partial charge < -0.3 is 4.42 Å². The maximum absolute atomic E-state index is 6.02. The van der Waals surface area contributed by atoms with Crippen molar-refractivity contribution in [3.05, 3.63) is 27.5 Å². The molecule has 2 nitrogen and oxygen atoms in total. The first-order valence-corrected chi connectivity index (χ1v) is 5.50. The maximum Gasteiger partial charge on any atom is 0.198 e. The van der Waals surface area contributed by atoms with Crippen LogP contribution >= 0.6 is 27.5 Å². The zero-order valence-electron chi connectivity index (χ0n) is 7.84. The van der Waals surface area contributed by atoms with E-state index >= 15 is 0 Å². The fraction of sp³-hybridized carbons (Fsp3) is 0.300. The molecule has 74 valence electrons. The van der Waals surface area contributed by atoms with Gasteiger partial charge in [-0.25, -0.2) is 4.98 Å². The highest BCUT2D eigenvalue weighted by Crippen LogP contribution is 2.30. The maximum atomic E-state index is 6.02. The van der Waals surface area contributed by atoms with E-state index in [1.54, 1.807) is 6.07 Å². The molecule has 0 saturated carbocycles. The zero-order valence-corrected chi connectivity index (χ0v) is 10.2. The van der Waals surface area contributed by atoms with Crippen LogP contribution in [-0.4, -0.2) is 4.98 Å². The predicted molar refractivity (Wildman–Crippen MR) is 60.8 cm³/mol. The topological polar surface area (TPSA) is 26.0 Å². The molecule has 1 aromatic carbocycles. The van der Waals surface area contributed by atoms with Crippen LogP contribution < -0.4 is 0 Å². The van der Waals surface area contributed by atoms with Crippen LogP contribution in [0.4, 0.5) is 0 Å². The van der Waals surface area contributed by atoms with Gasteiger partial charge in [-0.1, -0.05) is 41.4 Å². The third kappa shape index (κ3) is 1.66. The Labute approximate surface area is 95.4 Å². The summed E-state index contributed by atoms with van der Waals surface area (Å²) in [7, 11) is 0. The normalized spacial score (nSPS) is 11.5. The number of hydrogen-bond donors (Lipinski definition) is 0. The Kier molecular flexibility index (Phi) is 2.54. The lowest BCUT2D eigenvalue weighted by molar-refractivity contribution is 0.501. The van der Waals surface area contributed by atoms with E-state index < -0.39 is 0 Å². The smallest absolute Gasteiger partial charge is 0.198 e. The van der Waals surface area contributed by atoms with Gasteiger partial charge in [0.25, 0.3) is 0 Å². The molecule has 0 saturated heterocycles. The van der Waals surface area contributed by atoms with Gasteiger partial charge in [0.1, 0.15) is 5.52 Å². The first-order chi connectivity index (χ1) is 6.58. The molecule has 2 rings (SSSR count). The SMILES string of the molecule is CC(C)c1nc2cc(Br)cc(Cl)c2o1. The second-order valence-electron chi connectivity index (χ2n) is 3.44. The average Bonchev–Trinajstić information content (AvgIpc) is 2.47. The molecule has 0 aliphatic rings. The third-order valence-electron chi connectivity index (χ3n) is 1.92. The van der Waals surface area contributed by atoms with Crippen LogP contribution in [0.2, 0.25) is 5.02 Å². The average molecular weight is 275 g/mol. The monoisotopic (exact) mass is 273 g/mol. The molecule has 0 N–H and O–H groups in total. The summed E-state index contributed by atoms with van der Waals surface area (Å²) in [6.07, 6.45) is 0. The van der Waals surface area contributed by atoms with Gasteiger partial charge in [0.2, 0.25) is 0 Å². The summed E-state index contributed by atoms with van der Waals surface area (Å²) in [5.74, 6) is 0.997. The minimum atomic E-state index is 0.275. The van der Waals surface area contributed by atoms with Crippen LogP contribution in [0.15, 0.2) is 21.0 Å². The predicted octanol–water partition coefficient (Wildman–Crippen LogP) is 4.37. The molecular weight excluding hydrogens is 265 g/mol. The lowest BCUT2D eigenvalue weighted by atomic mass is 10.2. The largest absolute Gasteiger partial charge is 0.439 e. The second-order valence-corrected chi connectivity index (χ2v) is 4.77. The molecule has 0 atom stereocenters.